The quantitative estimate of drug-likeness (QED) is 0.550. The Morgan fingerprint density at radius 1 is 1.67 bits per heavy atom. The van der Waals surface area contributed by atoms with Crippen molar-refractivity contribution < 1.29 is 4.18 Å². The second-order valence-electron chi connectivity index (χ2n) is 4.57. The van der Waals surface area contributed by atoms with Gasteiger partial charge in [-0.15, -0.1) is 0 Å². The number of fused-ring (bicyclic) bond motifs is 1. The van der Waals surface area contributed by atoms with Gasteiger partial charge in [-0.2, -0.15) is 0 Å². The van der Waals surface area contributed by atoms with Crippen molar-refractivity contribution in [3.05, 3.63) is 35.5 Å². The zero-order valence-corrected chi connectivity index (χ0v) is 12.0. The van der Waals surface area contributed by atoms with Crippen LogP contribution in [-0.4, -0.2) is 5.60 Å². The number of halogens is 1. The van der Waals surface area contributed by atoms with E-state index in [9.17, 15) is 0 Å². The topological polar surface area (TPSA) is 9.23 Å². The molecule has 0 aliphatic heterocycles. The maximum absolute atomic E-state index is 5.82. The molecule has 15 heavy (non-hydrogen) atoms. The van der Waals surface area contributed by atoms with E-state index in [-0.39, 0.29) is 5.60 Å². The van der Waals surface area contributed by atoms with Gasteiger partial charge in [0.2, 0.25) is 0 Å². The molecule has 0 aromatic carbocycles. The highest BCUT2D eigenvalue weighted by Gasteiger charge is 2.63. The van der Waals surface area contributed by atoms with E-state index < -0.39 is 0 Å². The number of rotatable bonds is 3. The number of hydrogen-bond acceptors (Lipinski definition) is 2. The van der Waals surface area contributed by atoms with Crippen molar-refractivity contribution in [3.8, 4) is 0 Å². The smallest absolute Gasteiger partial charge is 0.113 e. The van der Waals surface area contributed by atoms with Crippen molar-refractivity contribution in [3.63, 3.8) is 0 Å². The summed E-state index contributed by atoms with van der Waals surface area (Å²) in [6.07, 6.45) is 6.63. The first-order valence-corrected chi connectivity index (χ1v) is 8.39. The molecule has 2 rings (SSSR count). The summed E-state index contributed by atoms with van der Waals surface area (Å²) in [5.41, 5.74) is 3.90. The molecule has 0 saturated heterocycles. The molecule has 0 radical (unpaired) electrons. The van der Waals surface area contributed by atoms with Gasteiger partial charge in [-0.1, -0.05) is 24.3 Å². The third kappa shape index (κ3) is 2.06. The van der Waals surface area contributed by atoms with Gasteiger partial charge >= 0.3 is 0 Å². The Labute approximate surface area is 108 Å². The van der Waals surface area contributed by atoms with Gasteiger partial charge in [0.1, 0.15) is 5.60 Å². The highest BCUT2D eigenvalue weighted by atomic mass is 127. The average Bonchev–Trinajstić information content (AvgIpc) is 2.73. The van der Waals surface area contributed by atoms with Crippen LogP contribution in [0.1, 0.15) is 26.7 Å². The van der Waals surface area contributed by atoms with Crippen LogP contribution in [0.25, 0.3) is 0 Å². The van der Waals surface area contributed by atoms with Crippen LogP contribution in [0.2, 0.25) is 0 Å². The average molecular weight is 334 g/mol. The normalized spacial score (nSPS) is 35.5. The SMILES string of the molecule is C=C1CC2CC2(OSI)/C1=C/C=C(C)C. The van der Waals surface area contributed by atoms with Gasteiger partial charge < -0.3 is 0 Å². The molecule has 82 valence electrons. The van der Waals surface area contributed by atoms with Crippen LogP contribution in [-0.2, 0) is 4.18 Å². The molecule has 0 amide bonds. The summed E-state index contributed by atoms with van der Waals surface area (Å²) in [6, 6.07) is 0. The Balaban J connectivity index is 2.24. The van der Waals surface area contributed by atoms with Gasteiger partial charge in [0.15, 0.2) is 0 Å². The minimum atomic E-state index is 0.00882. The highest BCUT2D eigenvalue weighted by molar-refractivity contribution is 14.2. The van der Waals surface area contributed by atoms with E-state index in [1.54, 1.807) is 0 Å². The van der Waals surface area contributed by atoms with E-state index in [0.717, 1.165) is 6.42 Å². The second kappa shape index (κ2) is 4.26. The molecule has 0 aromatic rings. The molecular weight excluding hydrogens is 319 g/mol. The third-order valence-electron chi connectivity index (χ3n) is 3.14. The number of allylic oxidation sites excluding steroid dienone is 3. The predicted molar refractivity (Wildman–Crippen MR) is 74.8 cm³/mol. The second-order valence-corrected chi connectivity index (χ2v) is 5.94. The molecule has 0 bridgehead atoms. The van der Waals surface area contributed by atoms with Crippen LogP contribution < -0.4 is 0 Å². The molecule has 2 fully saturated rings. The van der Waals surface area contributed by atoms with Crippen LogP contribution in [0.5, 0.6) is 0 Å². The summed E-state index contributed by atoms with van der Waals surface area (Å²) >= 11 is 2.19. The Morgan fingerprint density at radius 2 is 2.40 bits per heavy atom. The van der Waals surface area contributed by atoms with E-state index in [1.807, 2.05) is 0 Å². The third-order valence-corrected chi connectivity index (χ3v) is 4.04. The molecule has 2 atom stereocenters. The zero-order chi connectivity index (χ0) is 11.1. The van der Waals surface area contributed by atoms with E-state index in [4.69, 9.17) is 4.18 Å². The van der Waals surface area contributed by atoms with Gasteiger partial charge in [0.05, 0.1) is 9.21 Å². The Kier molecular flexibility index (Phi) is 3.33. The summed E-state index contributed by atoms with van der Waals surface area (Å²) in [5.74, 6) is 0.684. The maximum atomic E-state index is 5.82. The zero-order valence-electron chi connectivity index (χ0n) is 9.05. The highest BCUT2D eigenvalue weighted by Crippen LogP contribution is 2.64. The summed E-state index contributed by atoms with van der Waals surface area (Å²) in [6.45, 7) is 8.35. The van der Waals surface area contributed by atoms with Gasteiger partial charge in [-0.3, -0.25) is 4.18 Å². The minimum Gasteiger partial charge on any atom is -0.294 e. The van der Waals surface area contributed by atoms with Gasteiger partial charge in [-0.05, 0) is 37.8 Å². The lowest BCUT2D eigenvalue weighted by molar-refractivity contribution is 0.260. The van der Waals surface area contributed by atoms with Crippen molar-refractivity contribution in [1.29, 1.82) is 0 Å². The van der Waals surface area contributed by atoms with Gasteiger partial charge in [0, 0.05) is 27.1 Å². The largest absolute Gasteiger partial charge is 0.294 e. The monoisotopic (exact) mass is 334 g/mol. The number of hydrogen-bond donors (Lipinski definition) is 0. The molecule has 1 nitrogen and oxygen atoms in total. The first kappa shape index (κ1) is 11.7. The fraction of sp³-hybridized carbons (Fsp3) is 0.500. The van der Waals surface area contributed by atoms with E-state index in [2.05, 4.69) is 53.8 Å². The molecule has 2 aliphatic carbocycles. The van der Waals surface area contributed by atoms with Crippen molar-refractivity contribution in [2.75, 3.05) is 0 Å². The van der Waals surface area contributed by atoms with Crippen LogP contribution in [0.4, 0.5) is 0 Å². The van der Waals surface area contributed by atoms with Crippen LogP contribution in [0.3, 0.4) is 0 Å². The lowest BCUT2D eigenvalue weighted by atomic mass is 10.0. The van der Waals surface area contributed by atoms with Crippen molar-refractivity contribution in [1.82, 2.24) is 0 Å². The molecule has 2 saturated carbocycles. The van der Waals surface area contributed by atoms with E-state index in [1.165, 1.54) is 32.4 Å². The molecule has 2 unspecified atom stereocenters. The van der Waals surface area contributed by atoms with Crippen LogP contribution in [0, 0.1) is 5.92 Å². The lowest BCUT2D eigenvalue weighted by Crippen LogP contribution is -2.11. The van der Waals surface area contributed by atoms with Crippen molar-refractivity contribution in [2.24, 2.45) is 5.92 Å². The molecule has 0 heterocycles. The maximum Gasteiger partial charge on any atom is 0.113 e. The van der Waals surface area contributed by atoms with Crippen LogP contribution in [0.15, 0.2) is 35.5 Å². The fourth-order valence-electron chi connectivity index (χ4n) is 2.29. The molecule has 3 heteroatoms. The first-order chi connectivity index (χ1) is 7.10. The van der Waals surface area contributed by atoms with E-state index >= 15 is 0 Å². The Bertz CT molecular complexity index is 355. The standard InChI is InChI=1S/C12H15IOS/c1-8(2)4-5-11-9(3)6-10-7-12(10,11)14-15-13/h4-5,10H,3,6-7H2,1-2H3/b11-5+. The predicted octanol–water partition coefficient (Wildman–Crippen LogP) is 4.61. The molecule has 0 N–H and O–H groups in total. The molecule has 0 spiro atoms. The molecular formula is C12H15IOS. The van der Waals surface area contributed by atoms with Gasteiger partial charge in [0.25, 0.3) is 0 Å². The van der Waals surface area contributed by atoms with Crippen molar-refractivity contribution in [2.45, 2.75) is 32.3 Å². The minimum absolute atomic E-state index is 0.00882. The van der Waals surface area contributed by atoms with Crippen molar-refractivity contribution >= 4 is 30.4 Å². The Morgan fingerprint density at radius 3 is 3.00 bits per heavy atom. The van der Waals surface area contributed by atoms with Crippen LogP contribution >= 0.6 is 30.4 Å². The summed E-state index contributed by atoms with van der Waals surface area (Å²) in [7, 11) is 1.45. The van der Waals surface area contributed by atoms with E-state index in [0.29, 0.717) is 5.92 Å². The molecule has 0 aromatic heterocycles. The lowest BCUT2D eigenvalue weighted by Gasteiger charge is -2.14. The van der Waals surface area contributed by atoms with Gasteiger partial charge in [-0.25, -0.2) is 0 Å². The Hall–Kier alpha value is 0.260. The first-order valence-electron chi connectivity index (χ1n) is 5.10. The summed E-state index contributed by atoms with van der Waals surface area (Å²) in [5, 5.41) is 0. The summed E-state index contributed by atoms with van der Waals surface area (Å²) in [4.78, 5) is 0. The fourth-order valence-corrected chi connectivity index (χ4v) is 3.66. The molecule has 2 aliphatic rings. The summed E-state index contributed by atoms with van der Waals surface area (Å²) < 4.78 is 5.82.